The van der Waals surface area contributed by atoms with Crippen LogP contribution in [-0.4, -0.2) is 0 Å². The summed E-state index contributed by atoms with van der Waals surface area (Å²) in [5, 5.41) is 0. The summed E-state index contributed by atoms with van der Waals surface area (Å²) in [5.74, 6) is 2.85. The number of nitrogens with zero attached hydrogens (tertiary/aromatic N) is 1. The van der Waals surface area contributed by atoms with Crippen molar-refractivity contribution < 1.29 is 0 Å². The number of hydrogen-bond donors (Lipinski definition) is 0. The van der Waals surface area contributed by atoms with Gasteiger partial charge in [-0.15, -0.1) is 0 Å². The van der Waals surface area contributed by atoms with Crippen LogP contribution in [0.4, 0.5) is 17.1 Å². The van der Waals surface area contributed by atoms with Crippen LogP contribution in [0.2, 0.25) is 0 Å². The maximum absolute atomic E-state index is 2.49. The van der Waals surface area contributed by atoms with Gasteiger partial charge < -0.3 is 4.90 Å². The highest BCUT2D eigenvalue weighted by Gasteiger charge is 2.51. The maximum Gasteiger partial charge on any atom is 0.0465 e. The average molecular weight is 688 g/mol. The number of fused-ring (bicyclic) bond motifs is 6. The van der Waals surface area contributed by atoms with Gasteiger partial charge in [0, 0.05) is 27.9 Å². The molecule has 0 aliphatic heterocycles. The number of rotatable bonds is 5. The molecule has 6 aliphatic carbocycles. The van der Waals surface area contributed by atoms with Crippen LogP contribution in [0.5, 0.6) is 0 Å². The SMILES string of the molecule is CC1(C)c2ccccc2-c2cc(-c3cccc4c3-c3ccc(N(c5ccccc5)c5ccc(C67CC8CC(CC(C8)C6)C7)cc5)cc3C4(C)C)ccc21. The summed E-state index contributed by atoms with van der Waals surface area (Å²) >= 11 is 0. The lowest BCUT2D eigenvalue weighted by Crippen LogP contribution is -2.48. The smallest absolute Gasteiger partial charge is 0.0465 e. The van der Waals surface area contributed by atoms with Gasteiger partial charge in [-0.25, -0.2) is 0 Å². The second kappa shape index (κ2) is 11.1. The molecule has 4 fully saturated rings. The molecule has 0 heterocycles. The van der Waals surface area contributed by atoms with Crippen LogP contribution in [0.1, 0.15) is 94.0 Å². The Kier molecular flexibility index (Phi) is 6.61. The first-order valence-corrected chi connectivity index (χ1v) is 20.2. The van der Waals surface area contributed by atoms with Crippen molar-refractivity contribution in [3.63, 3.8) is 0 Å². The fourth-order valence-corrected chi connectivity index (χ4v) is 12.5. The normalized spacial score (nSPS) is 24.7. The number of anilines is 3. The van der Waals surface area contributed by atoms with Crippen molar-refractivity contribution in [2.75, 3.05) is 4.90 Å². The number of para-hydroxylation sites is 1. The number of hydrogen-bond acceptors (Lipinski definition) is 1. The van der Waals surface area contributed by atoms with Gasteiger partial charge in [0.15, 0.2) is 0 Å². The zero-order valence-electron chi connectivity index (χ0n) is 31.6. The molecule has 6 aromatic rings. The third-order valence-electron chi connectivity index (χ3n) is 14.6. The number of benzene rings is 6. The molecule has 12 rings (SSSR count). The van der Waals surface area contributed by atoms with Crippen LogP contribution >= 0.6 is 0 Å². The summed E-state index contributed by atoms with van der Waals surface area (Å²) < 4.78 is 0. The van der Waals surface area contributed by atoms with Gasteiger partial charge in [0.1, 0.15) is 0 Å². The molecule has 4 saturated carbocycles. The fraction of sp³-hybridized carbons (Fsp3) is 0.308. The molecular formula is C52H49N. The first-order valence-electron chi connectivity index (χ1n) is 20.2. The van der Waals surface area contributed by atoms with Crippen molar-refractivity contribution in [1.82, 2.24) is 0 Å². The van der Waals surface area contributed by atoms with E-state index in [-0.39, 0.29) is 10.8 Å². The van der Waals surface area contributed by atoms with Crippen molar-refractivity contribution >= 4 is 17.1 Å². The molecule has 0 radical (unpaired) electrons. The lowest BCUT2D eigenvalue weighted by molar-refractivity contribution is -0.00518. The summed E-state index contributed by atoms with van der Waals surface area (Å²) in [6, 6.07) is 51.2. The minimum Gasteiger partial charge on any atom is -0.310 e. The van der Waals surface area contributed by atoms with E-state index in [2.05, 4.69) is 166 Å². The van der Waals surface area contributed by atoms with E-state index in [1.165, 1.54) is 111 Å². The van der Waals surface area contributed by atoms with Gasteiger partial charge in [-0.1, -0.05) is 119 Å². The Labute approximate surface area is 315 Å². The van der Waals surface area contributed by atoms with Crippen molar-refractivity contribution in [1.29, 1.82) is 0 Å². The van der Waals surface area contributed by atoms with Crippen LogP contribution in [0.15, 0.2) is 133 Å². The van der Waals surface area contributed by atoms with Crippen LogP contribution in [0, 0.1) is 17.8 Å². The van der Waals surface area contributed by atoms with E-state index in [9.17, 15) is 0 Å². The van der Waals surface area contributed by atoms with E-state index in [0.717, 1.165) is 17.8 Å². The molecule has 0 aromatic heterocycles. The van der Waals surface area contributed by atoms with E-state index in [4.69, 9.17) is 0 Å². The van der Waals surface area contributed by atoms with Gasteiger partial charge in [0.05, 0.1) is 0 Å². The van der Waals surface area contributed by atoms with Crippen molar-refractivity contribution in [3.05, 3.63) is 161 Å². The van der Waals surface area contributed by atoms with E-state index >= 15 is 0 Å². The van der Waals surface area contributed by atoms with Gasteiger partial charge in [-0.2, -0.15) is 0 Å². The van der Waals surface area contributed by atoms with Gasteiger partial charge in [0.25, 0.3) is 0 Å². The summed E-state index contributed by atoms with van der Waals surface area (Å²) in [4.78, 5) is 2.48. The topological polar surface area (TPSA) is 3.24 Å². The van der Waals surface area contributed by atoms with Crippen LogP contribution in [0.3, 0.4) is 0 Å². The molecular weight excluding hydrogens is 639 g/mol. The third-order valence-corrected chi connectivity index (χ3v) is 14.6. The Morgan fingerprint density at radius 1 is 0.434 bits per heavy atom. The van der Waals surface area contributed by atoms with E-state index in [1.54, 1.807) is 5.56 Å². The van der Waals surface area contributed by atoms with Crippen LogP contribution < -0.4 is 4.90 Å². The molecule has 0 saturated heterocycles. The van der Waals surface area contributed by atoms with Gasteiger partial charge in [-0.3, -0.25) is 0 Å². The standard InChI is InChI=1S/C52H49N/c1-50(2)45-15-9-8-13-42(45)44-28-36(17-24-46(44)50)41-14-10-16-47-49(41)43-23-22-40(29-48(43)51(47,3)4)53(38-11-6-5-7-12-38)39-20-18-37(19-21-39)52-30-33-25-34(31-52)27-35(26-33)32-52/h5-24,28-29,33-35H,25-27,30-32H2,1-4H3. The van der Waals surface area contributed by atoms with Crippen molar-refractivity contribution in [2.24, 2.45) is 17.8 Å². The lowest BCUT2D eigenvalue weighted by atomic mass is 9.48. The van der Waals surface area contributed by atoms with E-state index in [1.807, 2.05) is 0 Å². The minimum atomic E-state index is -0.132. The minimum absolute atomic E-state index is 0.00779. The second-order valence-electron chi connectivity index (χ2n) is 18.4. The Morgan fingerprint density at radius 3 is 1.75 bits per heavy atom. The molecule has 1 nitrogen and oxygen atoms in total. The highest BCUT2D eigenvalue weighted by Crippen LogP contribution is 2.61. The summed E-state index contributed by atoms with van der Waals surface area (Å²) in [5.41, 5.74) is 19.3. The largest absolute Gasteiger partial charge is 0.310 e. The Balaban J connectivity index is 1.00. The molecule has 0 amide bonds. The second-order valence-corrected chi connectivity index (χ2v) is 18.4. The van der Waals surface area contributed by atoms with Gasteiger partial charge >= 0.3 is 0 Å². The molecule has 0 unspecified atom stereocenters. The molecule has 6 aromatic carbocycles. The third kappa shape index (κ3) is 4.56. The Bertz CT molecular complexity index is 2390. The van der Waals surface area contributed by atoms with E-state index < -0.39 is 0 Å². The summed E-state index contributed by atoms with van der Waals surface area (Å²) in [6.45, 7) is 9.56. The van der Waals surface area contributed by atoms with Crippen molar-refractivity contribution in [2.45, 2.75) is 82.5 Å². The molecule has 0 spiro atoms. The lowest BCUT2D eigenvalue weighted by Gasteiger charge is -2.57. The molecule has 0 N–H and O–H groups in total. The highest BCUT2D eigenvalue weighted by molar-refractivity contribution is 5.95. The molecule has 262 valence electrons. The maximum atomic E-state index is 2.49. The molecule has 0 atom stereocenters. The molecule has 4 bridgehead atoms. The zero-order valence-corrected chi connectivity index (χ0v) is 31.6. The fourth-order valence-electron chi connectivity index (χ4n) is 12.5. The zero-order chi connectivity index (χ0) is 35.7. The average Bonchev–Trinajstić information content (AvgIpc) is 3.54. The van der Waals surface area contributed by atoms with Crippen LogP contribution in [-0.2, 0) is 16.2 Å². The summed E-state index contributed by atoms with van der Waals surface area (Å²) in [7, 11) is 0. The van der Waals surface area contributed by atoms with E-state index in [0.29, 0.717) is 5.41 Å². The highest BCUT2D eigenvalue weighted by atomic mass is 15.1. The first-order chi connectivity index (χ1) is 25.7. The molecule has 1 heteroatoms. The van der Waals surface area contributed by atoms with Gasteiger partial charge in [-0.05, 0) is 165 Å². The Hall–Kier alpha value is -4.88. The van der Waals surface area contributed by atoms with Crippen molar-refractivity contribution in [3.8, 4) is 33.4 Å². The first kappa shape index (κ1) is 31.6. The predicted molar refractivity (Wildman–Crippen MR) is 222 cm³/mol. The summed E-state index contributed by atoms with van der Waals surface area (Å²) in [6.07, 6.45) is 8.66. The molecule has 53 heavy (non-hydrogen) atoms. The van der Waals surface area contributed by atoms with Gasteiger partial charge in [0.2, 0.25) is 0 Å². The molecule has 6 aliphatic rings. The van der Waals surface area contributed by atoms with Crippen LogP contribution in [0.25, 0.3) is 33.4 Å². The monoisotopic (exact) mass is 687 g/mol. The quantitative estimate of drug-likeness (QED) is 0.174. The predicted octanol–water partition coefficient (Wildman–Crippen LogP) is 13.9. The Morgan fingerprint density at radius 2 is 1.02 bits per heavy atom.